The predicted molar refractivity (Wildman–Crippen MR) is 70.5 cm³/mol. The molecule has 0 N–H and O–H groups in total. The summed E-state index contributed by atoms with van der Waals surface area (Å²) in [6.07, 6.45) is 5.61. The number of aromatic nitrogens is 2. The van der Waals surface area contributed by atoms with Crippen molar-refractivity contribution in [3.8, 4) is 17.0 Å². The van der Waals surface area contributed by atoms with E-state index >= 15 is 0 Å². The van der Waals surface area contributed by atoms with Crippen molar-refractivity contribution in [2.45, 2.75) is 19.4 Å². The summed E-state index contributed by atoms with van der Waals surface area (Å²) in [6, 6.07) is 7.85. The number of hydrogen-bond acceptors (Lipinski definition) is 2. The average molecular weight is 243 g/mol. The first-order valence-corrected chi connectivity index (χ1v) is 6.11. The Morgan fingerprint density at radius 2 is 2.11 bits per heavy atom. The van der Waals surface area contributed by atoms with Gasteiger partial charge in [0.2, 0.25) is 0 Å². The SMILES string of the molecule is COc1ccccc1-c1cn(CCCC[N])cn1. The summed E-state index contributed by atoms with van der Waals surface area (Å²) in [5.41, 5.74) is 10.7. The van der Waals surface area contributed by atoms with Gasteiger partial charge in [-0.2, -0.15) is 0 Å². The Kier molecular flexibility index (Phi) is 4.36. The van der Waals surface area contributed by atoms with Crippen molar-refractivity contribution in [1.29, 1.82) is 0 Å². The number of nitrogens with zero attached hydrogens (tertiary/aromatic N) is 3. The summed E-state index contributed by atoms with van der Waals surface area (Å²) < 4.78 is 7.36. The van der Waals surface area contributed by atoms with Crippen molar-refractivity contribution in [3.05, 3.63) is 36.8 Å². The van der Waals surface area contributed by atoms with Crippen LogP contribution in [0, 0.1) is 0 Å². The topological polar surface area (TPSA) is 49.4 Å². The molecule has 0 fully saturated rings. The first kappa shape index (κ1) is 12.6. The molecule has 2 rings (SSSR count). The first-order valence-electron chi connectivity index (χ1n) is 6.11. The summed E-state index contributed by atoms with van der Waals surface area (Å²) in [4.78, 5) is 4.39. The van der Waals surface area contributed by atoms with Crippen LogP contribution in [0.25, 0.3) is 11.3 Å². The fraction of sp³-hybridized carbons (Fsp3) is 0.357. The molecule has 1 aromatic heterocycles. The molecule has 0 aliphatic rings. The van der Waals surface area contributed by atoms with E-state index in [-0.39, 0.29) is 6.54 Å². The van der Waals surface area contributed by atoms with Crippen LogP contribution in [0.2, 0.25) is 0 Å². The van der Waals surface area contributed by atoms with Crippen LogP contribution in [-0.2, 0) is 6.54 Å². The summed E-state index contributed by atoms with van der Waals surface area (Å²) in [6.45, 7) is 1.12. The van der Waals surface area contributed by atoms with Gasteiger partial charge in [0.15, 0.2) is 0 Å². The minimum atomic E-state index is 0.244. The molecule has 18 heavy (non-hydrogen) atoms. The Hall–Kier alpha value is -1.81. The average Bonchev–Trinajstić information content (AvgIpc) is 2.88. The number of imidazole rings is 1. The second kappa shape index (κ2) is 6.21. The van der Waals surface area contributed by atoms with Crippen molar-refractivity contribution in [3.63, 3.8) is 0 Å². The molecule has 4 nitrogen and oxygen atoms in total. The predicted octanol–water partition coefficient (Wildman–Crippen LogP) is 2.41. The number of aryl methyl sites for hydroxylation is 1. The van der Waals surface area contributed by atoms with Gasteiger partial charge in [-0.05, 0) is 25.0 Å². The van der Waals surface area contributed by atoms with Crippen LogP contribution in [0.5, 0.6) is 5.75 Å². The summed E-state index contributed by atoms with van der Waals surface area (Å²) in [5, 5.41) is 0. The van der Waals surface area contributed by atoms with E-state index in [1.54, 1.807) is 7.11 Å². The highest BCUT2D eigenvalue weighted by molar-refractivity contribution is 5.66. The third-order valence-corrected chi connectivity index (χ3v) is 2.84. The molecule has 0 spiro atoms. The smallest absolute Gasteiger partial charge is 0.128 e. The number of rotatable bonds is 6. The third-order valence-electron chi connectivity index (χ3n) is 2.84. The van der Waals surface area contributed by atoms with Crippen LogP contribution >= 0.6 is 0 Å². The van der Waals surface area contributed by atoms with Crippen molar-refractivity contribution in [2.24, 2.45) is 0 Å². The largest absolute Gasteiger partial charge is 0.496 e. The van der Waals surface area contributed by atoms with E-state index in [1.165, 1.54) is 0 Å². The molecule has 0 amide bonds. The molecule has 94 valence electrons. The lowest BCUT2D eigenvalue weighted by atomic mass is 10.1. The second-order valence-electron chi connectivity index (χ2n) is 4.13. The van der Waals surface area contributed by atoms with Crippen LogP contribution in [0.1, 0.15) is 12.8 Å². The number of ether oxygens (including phenoxy) is 1. The maximum Gasteiger partial charge on any atom is 0.128 e. The van der Waals surface area contributed by atoms with Crippen molar-refractivity contribution in [2.75, 3.05) is 13.7 Å². The Morgan fingerprint density at radius 1 is 1.28 bits per heavy atom. The van der Waals surface area contributed by atoms with Gasteiger partial charge in [-0.25, -0.2) is 4.98 Å². The van der Waals surface area contributed by atoms with E-state index < -0.39 is 0 Å². The first-order chi connectivity index (χ1) is 8.85. The van der Waals surface area contributed by atoms with Crippen LogP contribution in [0.15, 0.2) is 36.8 Å². The lowest BCUT2D eigenvalue weighted by Gasteiger charge is -2.05. The highest BCUT2D eigenvalue weighted by Crippen LogP contribution is 2.27. The Balaban J connectivity index is 2.13. The molecule has 1 heterocycles. The Morgan fingerprint density at radius 3 is 2.89 bits per heavy atom. The molecule has 4 heteroatoms. The summed E-state index contributed by atoms with van der Waals surface area (Å²) in [5.74, 6) is 0.832. The lowest BCUT2D eigenvalue weighted by Crippen LogP contribution is -1.96. The normalized spacial score (nSPS) is 10.6. The zero-order chi connectivity index (χ0) is 12.8. The summed E-state index contributed by atoms with van der Waals surface area (Å²) >= 11 is 0. The molecule has 0 aliphatic carbocycles. The van der Waals surface area contributed by atoms with Gasteiger partial charge in [-0.15, -0.1) is 5.73 Å². The minimum absolute atomic E-state index is 0.244. The van der Waals surface area contributed by atoms with Gasteiger partial charge in [-0.1, -0.05) is 12.1 Å². The van der Waals surface area contributed by atoms with Gasteiger partial charge in [0.25, 0.3) is 0 Å². The molecule has 2 aromatic rings. The highest BCUT2D eigenvalue weighted by Gasteiger charge is 2.07. The molecule has 0 bridgehead atoms. The van der Waals surface area contributed by atoms with Gasteiger partial charge < -0.3 is 9.30 Å². The number of hydrogen-bond donors (Lipinski definition) is 0. The molecule has 0 aliphatic heterocycles. The van der Waals surface area contributed by atoms with Crippen LogP contribution in [-0.4, -0.2) is 23.2 Å². The molecule has 0 atom stereocenters. The van der Waals surface area contributed by atoms with Crippen LogP contribution in [0.4, 0.5) is 0 Å². The number of para-hydroxylation sites is 1. The quantitative estimate of drug-likeness (QED) is 0.731. The molecular formula is C14H17N3O. The highest BCUT2D eigenvalue weighted by atomic mass is 16.5. The van der Waals surface area contributed by atoms with E-state index in [9.17, 15) is 0 Å². The van der Waals surface area contributed by atoms with Crippen molar-refractivity contribution >= 4 is 0 Å². The van der Waals surface area contributed by atoms with E-state index in [0.29, 0.717) is 0 Å². The van der Waals surface area contributed by atoms with Gasteiger partial charge in [-0.3, -0.25) is 0 Å². The number of unbranched alkanes of at least 4 members (excludes halogenated alkanes) is 1. The van der Waals surface area contributed by atoms with Gasteiger partial charge >= 0.3 is 0 Å². The fourth-order valence-electron chi connectivity index (χ4n) is 1.88. The maximum atomic E-state index is 8.75. The molecule has 0 saturated heterocycles. The molecule has 1 aromatic carbocycles. The molecule has 2 radical (unpaired) electrons. The van der Waals surface area contributed by atoms with Crippen LogP contribution in [0.3, 0.4) is 0 Å². The maximum absolute atomic E-state index is 8.75. The van der Waals surface area contributed by atoms with E-state index in [1.807, 2.05) is 41.4 Å². The molecule has 0 unspecified atom stereocenters. The Bertz CT molecular complexity index is 493. The van der Waals surface area contributed by atoms with E-state index in [2.05, 4.69) is 4.98 Å². The van der Waals surface area contributed by atoms with Crippen molar-refractivity contribution < 1.29 is 4.74 Å². The van der Waals surface area contributed by atoms with Gasteiger partial charge in [0, 0.05) is 24.8 Å². The standard InChI is InChI=1S/C14H17N3O/c1-18-14-7-3-2-6-12(14)13-10-17(11-16-13)9-5-4-8-15/h2-3,6-7,10-11H,4-5,8-9H2,1H3. The lowest BCUT2D eigenvalue weighted by molar-refractivity contribution is 0.416. The van der Waals surface area contributed by atoms with E-state index in [0.717, 1.165) is 36.4 Å². The van der Waals surface area contributed by atoms with Crippen LogP contribution < -0.4 is 10.5 Å². The minimum Gasteiger partial charge on any atom is -0.496 e. The number of methoxy groups -OCH3 is 1. The summed E-state index contributed by atoms with van der Waals surface area (Å²) in [7, 11) is 1.66. The fourth-order valence-corrected chi connectivity index (χ4v) is 1.88. The van der Waals surface area contributed by atoms with Gasteiger partial charge in [0.1, 0.15) is 5.75 Å². The third kappa shape index (κ3) is 2.90. The van der Waals surface area contributed by atoms with Crippen molar-refractivity contribution in [1.82, 2.24) is 15.3 Å². The molecule has 0 saturated carbocycles. The van der Waals surface area contributed by atoms with Gasteiger partial charge in [0.05, 0.1) is 19.1 Å². The zero-order valence-corrected chi connectivity index (χ0v) is 10.5. The second-order valence-corrected chi connectivity index (χ2v) is 4.13. The molecular weight excluding hydrogens is 226 g/mol. The zero-order valence-electron chi connectivity index (χ0n) is 10.5. The monoisotopic (exact) mass is 243 g/mol. The Labute approximate surface area is 107 Å². The van der Waals surface area contributed by atoms with E-state index in [4.69, 9.17) is 10.5 Å². The number of benzene rings is 1.